The van der Waals surface area contributed by atoms with Crippen molar-refractivity contribution in [2.24, 2.45) is 16.5 Å². The molecule has 0 aliphatic heterocycles. The molecule has 4 N–H and O–H groups in total. The van der Waals surface area contributed by atoms with Crippen LogP contribution in [0.1, 0.15) is 12.5 Å². The minimum atomic E-state index is -0.451. The van der Waals surface area contributed by atoms with E-state index in [2.05, 4.69) is 36.9 Å². The zero-order valence-electron chi connectivity index (χ0n) is 9.08. The maximum Gasteiger partial charge on any atom is 0.275 e. The van der Waals surface area contributed by atoms with Crippen molar-refractivity contribution in [1.29, 1.82) is 0 Å². The predicted molar refractivity (Wildman–Crippen MR) is 76.3 cm³/mol. The Morgan fingerprint density at radius 2 is 1.82 bits per heavy atom. The SMILES string of the molecule is CC(=Cc1c(Br)cccc1Br)C(=O)N=C(N)N. The Balaban J connectivity index is 3.11. The minimum absolute atomic E-state index is 0.242. The third kappa shape index (κ3) is 3.98. The molecule has 0 radical (unpaired) electrons. The summed E-state index contributed by atoms with van der Waals surface area (Å²) >= 11 is 6.81. The highest BCUT2D eigenvalue weighted by molar-refractivity contribution is 9.11. The Morgan fingerprint density at radius 1 is 1.29 bits per heavy atom. The molecule has 4 nitrogen and oxygen atoms in total. The summed E-state index contributed by atoms with van der Waals surface area (Å²) in [7, 11) is 0. The van der Waals surface area contributed by atoms with E-state index in [1.54, 1.807) is 13.0 Å². The van der Waals surface area contributed by atoms with Gasteiger partial charge in [-0.25, -0.2) is 0 Å². The Bertz CT molecular complexity index is 485. The van der Waals surface area contributed by atoms with Gasteiger partial charge in [0.2, 0.25) is 0 Å². The lowest BCUT2D eigenvalue weighted by Gasteiger charge is -2.03. The van der Waals surface area contributed by atoms with Crippen molar-refractivity contribution in [3.63, 3.8) is 0 Å². The summed E-state index contributed by atoms with van der Waals surface area (Å²) in [6.45, 7) is 1.65. The van der Waals surface area contributed by atoms with Crippen molar-refractivity contribution in [2.45, 2.75) is 6.92 Å². The molecular formula is C11H11Br2N3O. The molecule has 0 heterocycles. The lowest BCUT2D eigenvalue weighted by molar-refractivity contribution is -0.114. The van der Waals surface area contributed by atoms with Gasteiger partial charge in [0.05, 0.1) is 0 Å². The molecule has 0 spiro atoms. The number of benzene rings is 1. The summed E-state index contributed by atoms with van der Waals surface area (Å²) in [5, 5.41) is 0. The molecule has 0 unspecified atom stereocenters. The van der Waals surface area contributed by atoms with Crippen LogP contribution in [0.2, 0.25) is 0 Å². The highest BCUT2D eigenvalue weighted by Gasteiger charge is 2.06. The second kappa shape index (κ2) is 5.97. The molecule has 90 valence electrons. The minimum Gasteiger partial charge on any atom is -0.370 e. The van der Waals surface area contributed by atoms with E-state index in [0.29, 0.717) is 5.57 Å². The fourth-order valence-corrected chi connectivity index (χ4v) is 2.36. The van der Waals surface area contributed by atoms with E-state index in [1.165, 1.54) is 0 Å². The lowest BCUT2D eigenvalue weighted by atomic mass is 10.1. The third-order valence-electron chi connectivity index (χ3n) is 1.93. The van der Waals surface area contributed by atoms with Gasteiger partial charge in [-0.1, -0.05) is 37.9 Å². The van der Waals surface area contributed by atoms with Crippen molar-refractivity contribution in [3.05, 3.63) is 38.3 Å². The molecule has 0 saturated carbocycles. The molecule has 0 saturated heterocycles. The molecule has 6 heteroatoms. The molecule has 1 rings (SSSR count). The maximum atomic E-state index is 11.5. The summed E-state index contributed by atoms with van der Waals surface area (Å²) in [4.78, 5) is 15.0. The summed E-state index contributed by atoms with van der Waals surface area (Å²) in [6, 6.07) is 5.66. The van der Waals surface area contributed by atoms with Crippen LogP contribution in [0.4, 0.5) is 0 Å². The maximum absolute atomic E-state index is 11.5. The van der Waals surface area contributed by atoms with Crippen LogP contribution >= 0.6 is 31.9 Å². The first kappa shape index (κ1) is 13.9. The molecule has 0 atom stereocenters. The normalized spacial score (nSPS) is 11.1. The molecule has 0 aromatic heterocycles. The van der Waals surface area contributed by atoms with Crippen molar-refractivity contribution < 1.29 is 4.79 Å². The van der Waals surface area contributed by atoms with Gasteiger partial charge in [-0.2, -0.15) is 4.99 Å². The molecule has 0 bridgehead atoms. The molecule has 0 fully saturated rings. The quantitative estimate of drug-likeness (QED) is 0.482. The van der Waals surface area contributed by atoms with E-state index in [-0.39, 0.29) is 5.96 Å². The van der Waals surface area contributed by atoms with Gasteiger partial charge in [0, 0.05) is 20.1 Å². The Morgan fingerprint density at radius 3 is 2.29 bits per heavy atom. The topological polar surface area (TPSA) is 81.5 Å². The van der Waals surface area contributed by atoms with Gasteiger partial charge in [0.1, 0.15) is 0 Å². The van der Waals surface area contributed by atoms with Gasteiger partial charge >= 0.3 is 0 Å². The van der Waals surface area contributed by atoms with E-state index in [1.807, 2.05) is 18.2 Å². The third-order valence-corrected chi connectivity index (χ3v) is 3.31. The number of halogens is 2. The molecule has 1 aromatic rings. The largest absolute Gasteiger partial charge is 0.370 e. The van der Waals surface area contributed by atoms with Crippen LogP contribution in [-0.4, -0.2) is 11.9 Å². The van der Waals surface area contributed by atoms with Crippen LogP contribution < -0.4 is 11.5 Å². The van der Waals surface area contributed by atoms with E-state index in [0.717, 1.165) is 14.5 Å². The van der Waals surface area contributed by atoms with Gasteiger partial charge < -0.3 is 11.5 Å². The average Bonchev–Trinajstić information content (AvgIpc) is 2.22. The lowest BCUT2D eigenvalue weighted by Crippen LogP contribution is -2.24. The van der Waals surface area contributed by atoms with Crippen LogP contribution in [0.5, 0.6) is 0 Å². The van der Waals surface area contributed by atoms with E-state index >= 15 is 0 Å². The highest BCUT2D eigenvalue weighted by atomic mass is 79.9. The number of carbonyl (C=O) groups excluding carboxylic acids is 1. The standard InChI is InChI=1S/C11H11Br2N3O/c1-6(10(17)16-11(14)15)5-7-8(12)3-2-4-9(7)13/h2-5H,1H3,(H4,14,15,16,17). The second-order valence-corrected chi connectivity index (χ2v) is 5.01. The number of amides is 1. The summed E-state index contributed by atoms with van der Waals surface area (Å²) in [5.41, 5.74) is 11.6. The van der Waals surface area contributed by atoms with Gasteiger partial charge in [0.25, 0.3) is 5.91 Å². The fraction of sp³-hybridized carbons (Fsp3) is 0.0909. The van der Waals surface area contributed by atoms with E-state index < -0.39 is 5.91 Å². The van der Waals surface area contributed by atoms with Crippen LogP contribution in [-0.2, 0) is 4.79 Å². The Kier molecular flexibility index (Phi) is 4.89. The number of hydrogen-bond acceptors (Lipinski definition) is 1. The monoisotopic (exact) mass is 359 g/mol. The van der Waals surface area contributed by atoms with Crippen molar-refractivity contribution in [1.82, 2.24) is 0 Å². The Labute approximate surface area is 116 Å². The predicted octanol–water partition coefficient (Wildman–Crippen LogP) is 2.41. The molecule has 1 amide bonds. The van der Waals surface area contributed by atoms with E-state index in [9.17, 15) is 4.79 Å². The van der Waals surface area contributed by atoms with Crippen molar-refractivity contribution in [3.8, 4) is 0 Å². The summed E-state index contributed by atoms with van der Waals surface area (Å²) < 4.78 is 1.76. The number of hydrogen-bond donors (Lipinski definition) is 2. The number of rotatable bonds is 2. The van der Waals surface area contributed by atoms with Gasteiger partial charge in [-0.15, -0.1) is 0 Å². The number of aliphatic imine (C=N–C) groups is 1. The fourth-order valence-electron chi connectivity index (χ4n) is 1.13. The first-order chi connectivity index (χ1) is 7.91. The highest BCUT2D eigenvalue weighted by Crippen LogP contribution is 2.27. The molecule has 0 aliphatic carbocycles. The average molecular weight is 361 g/mol. The summed E-state index contributed by atoms with van der Waals surface area (Å²) in [5.74, 6) is -0.693. The number of nitrogens with two attached hydrogens (primary N) is 2. The molecule has 1 aromatic carbocycles. The summed E-state index contributed by atoms with van der Waals surface area (Å²) in [6.07, 6.45) is 1.71. The van der Waals surface area contributed by atoms with E-state index in [4.69, 9.17) is 11.5 Å². The Hall–Kier alpha value is -1.14. The number of carbonyl (C=O) groups is 1. The van der Waals surface area contributed by atoms with Crippen molar-refractivity contribution >= 4 is 49.8 Å². The first-order valence-electron chi connectivity index (χ1n) is 4.68. The smallest absolute Gasteiger partial charge is 0.275 e. The first-order valence-corrected chi connectivity index (χ1v) is 6.26. The number of nitrogens with zero attached hydrogens (tertiary/aromatic N) is 1. The molecular weight excluding hydrogens is 350 g/mol. The van der Waals surface area contributed by atoms with Gasteiger partial charge in [-0.3, -0.25) is 4.79 Å². The molecule has 0 aliphatic rings. The van der Waals surface area contributed by atoms with Gasteiger partial charge in [0.15, 0.2) is 5.96 Å². The van der Waals surface area contributed by atoms with Crippen LogP contribution in [0.25, 0.3) is 6.08 Å². The molecule has 17 heavy (non-hydrogen) atoms. The zero-order chi connectivity index (χ0) is 13.0. The zero-order valence-corrected chi connectivity index (χ0v) is 12.2. The van der Waals surface area contributed by atoms with Crippen LogP contribution in [0, 0.1) is 0 Å². The van der Waals surface area contributed by atoms with Crippen LogP contribution in [0.3, 0.4) is 0 Å². The van der Waals surface area contributed by atoms with Crippen LogP contribution in [0.15, 0.2) is 37.7 Å². The number of guanidine groups is 1. The second-order valence-electron chi connectivity index (χ2n) is 3.30. The van der Waals surface area contributed by atoms with Gasteiger partial charge in [-0.05, 0) is 25.1 Å². The van der Waals surface area contributed by atoms with Crippen molar-refractivity contribution in [2.75, 3.05) is 0 Å².